The molecule has 0 bridgehead atoms. The number of nitrogens with zero attached hydrogens (tertiary/aromatic N) is 2. The van der Waals surface area contributed by atoms with E-state index >= 15 is 0 Å². The van der Waals surface area contributed by atoms with Crippen molar-refractivity contribution in [3.8, 4) is 0 Å². The highest BCUT2D eigenvalue weighted by molar-refractivity contribution is 5.00. The molecule has 6 heteroatoms. The Morgan fingerprint density at radius 2 is 2.05 bits per heavy atom. The molecular weight excluding hydrogens is 254 g/mol. The Labute approximate surface area is 111 Å². The van der Waals surface area contributed by atoms with E-state index in [1.54, 1.807) is 0 Å². The van der Waals surface area contributed by atoms with Crippen molar-refractivity contribution in [3.05, 3.63) is 11.7 Å². The molecule has 1 heterocycles. The number of hydrogen-bond acceptors (Lipinski definition) is 4. The molecule has 0 unspecified atom stereocenters. The standard InChI is InChI=1S/C13H20F2N2O2/c1-11(2)5-4-6-13(18,8-11)7-9-16-10(17-19-9)12(3,14)15/h18H,4-8H2,1-3H3/t13-/m1/s1. The third-order valence-corrected chi connectivity index (χ3v) is 3.64. The Morgan fingerprint density at radius 1 is 1.37 bits per heavy atom. The Hall–Kier alpha value is -1.04. The molecule has 0 amide bonds. The Kier molecular flexibility index (Phi) is 3.41. The first-order chi connectivity index (χ1) is 8.60. The summed E-state index contributed by atoms with van der Waals surface area (Å²) < 4.78 is 30.9. The van der Waals surface area contributed by atoms with Crippen molar-refractivity contribution in [2.75, 3.05) is 0 Å². The van der Waals surface area contributed by atoms with E-state index in [1.807, 2.05) is 0 Å². The van der Waals surface area contributed by atoms with Gasteiger partial charge in [0, 0.05) is 6.92 Å². The lowest BCUT2D eigenvalue weighted by atomic mass is 9.69. The van der Waals surface area contributed by atoms with Gasteiger partial charge in [-0.1, -0.05) is 25.4 Å². The van der Waals surface area contributed by atoms with E-state index in [2.05, 4.69) is 24.0 Å². The van der Waals surface area contributed by atoms with E-state index in [0.29, 0.717) is 12.8 Å². The zero-order valence-electron chi connectivity index (χ0n) is 11.5. The molecule has 1 aliphatic carbocycles. The third-order valence-electron chi connectivity index (χ3n) is 3.64. The highest BCUT2D eigenvalue weighted by Gasteiger charge is 2.40. The van der Waals surface area contributed by atoms with Gasteiger partial charge in [-0.15, -0.1) is 0 Å². The van der Waals surface area contributed by atoms with Gasteiger partial charge in [0.1, 0.15) is 0 Å². The quantitative estimate of drug-likeness (QED) is 0.920. The van der Waals surface area contributed by atoms with Gasteiger partial charge in [-0.2, -0.15) is 13.8 Å². The van der Waals surface area contributed by atoms with Gasteiger partial charge >= 0.3 is 5.92 Å². The first-order valence-electron chi connectivity index (χ1n) is 6.53. The zero-order valence-corrected chi connectivity index (χ0v) is 11.5. The molecule has 0 saturated heterocycles. The van der Waals surface area contributed by atoms with E-state index in [1.165, 1.54) is 0 Å². The van der Waals surface area contributed by atoms with Gasteiger partial charge in [0.25, 0.3) is 0 Å². The van der Waals surface area contributed by atoms with Crippen molar-refractivity contribution in [2.24, 2.45) is 5.41 Å². The molecule has 0 spiro atoms. The molecule has 1 aromatic rings. The fourth-order valence-corrected chi connectivity index (χ4v) is 2.90. The molecule has 1 saturated carbocycles. The number of rotatable bonds is 3. The zero-order chi connectivity index (χ0) is 14.3. The van der Waals surface area contributed by atoms with E-state index in [9.17, 15) is 13.9 Å². The molecule has 0 radical (unpaired) electrons. The molecular formula is C13H20F2N2O2. The SMILES string of the molecule is CC1(C)CCC[C@@](O)(Cc2nc(C(C)(F)F)no2)C1. The van der Waals surface area contributed by atoms with Gasteiger partial charge in [-0.3, -0.25) is 0 Å². The van der Waals surface area contributed by atoms with E-state index in [0.717, 1.165) is 19.8 Å². The van der Waals surface area contributed by atoms with Crippen molar-refractivity contribution in [3.63, 3.8) is 0 Å². The second-order valence-corrected chi connectivity index (χ2v) is 6.50. The second-order valence-electron chi connectivity index (χ2n) is 6.50. The molecule has 1 N–H and O–H groups in total. The molecule has 1 fully saturated rings. The molecule has 1 atom stereocenters. The van der Waals surface area contributed by atoms with Crippen LogP contribution in [0.3, 0.4) is 0 Å². The average molecular weight is 274 g/mol. The van der Waals surface area contributed by atoms with Crippen molar-refractivity contribution in [1.29, 1.82) is 0 Å². The van der Waals surface area contributed by atoms with Crippen LogP contribution >= 0.6 is 0 Å². The summed E-state index contributed by atoms with van der Waals surface area (Å²) in [5.41, 5.74) is -0.890. The topological polar surface area (TPSA) is 59.2 Å². The lowest BCUT2D eigenvalue weighted by Crippen LogP contribution is -2.40. The summed E-state index contributed by atoms with van der Waals surface area (Å²) in [5, 5.41) is 13.8. The summed E-state index contributed by atoms with van der Waals surface area (Å²) in [6.45, 7) is 4.91. The summed E-state index contributed by atoms with van der Waals surface area (Å²) in [7, 11) is 0. The predicted octanol–water partition coefficient (Wildman–Crippen LogP) is 3.06. The van der Waals surface area contributed by atoms with Crippen molar-refractivity contribution >= 4 is 0 Å². The molecule has 19 heavy (non-hydrogen) atoms. The Morgan fingerprint density at radius 3 is 2.58 bits per heavy atom. The second kappa shape index (κ2) is 4.51. The monoisotopic (exact) mass is 274 g/mol. The van der Waals surface area contributed by atoms with Crippen molar-refractivity contribution in [2.45, 2.75) is 64.4 Å². The van der Waals surface area contributed by atoms with E-state index in [4.69, 9.17) is 4.52 Å². The minimum atomic E-state index is -3.11. The normalized spacial score (nSPS) is 27.5. The lowest BCUT2D eigenvalue weighted by Gasteiger charge is -2.40. The van der Waals surface area contributed by atoms with Crippen LogP contribution in [-0.2, 0) is 12.3 Å². The van der Waals surface area contributed by atoms with Gasteiger partial charge in [0.05, 0.1) is 12.0 Å². The Balaban J connectivity index is 2.10. The number of aromatic nitrogens is 2. The fraction of sp³-hybridized carbons (Fsp3) is 0.846. The third kappa shape index (κ3) is 3.49. The van der Waals surface area contributed by atoms with Crippen LogP contribution in [0.5, 0.6) is 0 Å². The molecule has 108 valence electrons. The van der Waals surface area contributed by atoms with E-state index in [-0.39, 0.29) is 17.7 Å². The Bertz CT molecular complexity index is 454. The van der Waals surface area contributed by atoms with Crippen LogP contribution in [0.15, 0.2) is 4.52 Å². The summed E-state index contributed by atoms with van der Waals surface area (Å²) in [4.78, 5) is 3.68. The molecule has 4 nitrogen and oxygen atoms in total. The smallest absolute Gasteiger partial charge is 0.307 e. The van der Waals surface area contributed by atoms with Crippen LogP contribution in [0.4, 0.5) is 8.78 Å². The van der Waals surface area contributed by atoms with Gasteiger partial charge in [0.15, 0.2) is 0 Å². The minimum Gasteiger partial charge on any atom is -0.389 e. The highest BCUT2D eigenvalue weighted by Crippen LogP contribution is 2.42. The van der Waals surface area contributed by atoms with Crippen LogP contribution in [0.25, 0.3) is 0 Å². The summed E-state index contributed by atoms with van der Waals surface area (Å²) in [6.07, 6.45) is 3.35. The maximum Gasteiger partial charge on any atom is 0.307 e. The van der Waals surface area contributed by atoms with Gasteiger partial charge in [-0.05, 0) is 24.7 Å². The molecule has 0 aliphatic heterocycles. The van der Waals surface area contributed by atoms with Crippen LogP contribution in [0, 0.1) is 5.41 Å². The van der Waals surface area contributed by atoms with Gasteiger partial charge in [0.2, 0.25) is 11.7 Å². The average Bonchev–Trinajstić information content (AvgIpc) is 2.62. The van der Waals surface area contributed by atoms with Gasteiger partial charge in [-0.25, -0.2) is 0 Å². The number of aliphatic hydroxyl groups is 1. The number of alkyl halides is 2. The first-order valence-corrected chi connectivity index (χ1v) is 6.53. The maximum absolute atomic E-state index is 13.0. The van der Waals surface area contributed by atoms with Crippen LogP contribution in [0.1, 0.15) is 58.2 Å². The first kappa shape index (κ1) is 14.4. The fourth-order valence-electron chi connectivity index (χ4n) is 2.90. The number of hydrogen-bond donors (Lipinski definition) is 1. The highest BCUT2D eigenvalue weighted by atomic mass is 19.3. The van der Waals surface area contributed by atoms with Crippen molar-refractivity contribution in [1.82, 2.24) is 10.1 Å². The largest absolute Gasteiger partial charge is 0.389 e. The summed E-state index contributed by atoms with van der Waals surface area (Å²) in [5.74, 6) is -3.66. The lowest BCUT2D eigenvalue weighted by molar-refractivity contribution is -0.0429. The molecule has 2 rings (SSSR count). The maximum atomic E-state index is 13.0. The number of halogens is 2. The summed E-state index contributed by atoms with van der Waals surface area (Å²) in [6, 6.07) is 0. The molecule has 1 aliphatic rings. The van der Waals surface area contributed by atoms with Crippen molar-refractivity contribution < 1.29 is 18.4 Å². The predicted molar refractivity (Wildman–Crippen MR) is 64.8 cm³/mol. The van der Waals surface area contributed by atoms with Gasteiger partial charge < -0.3 is 9.63 Å². The summed E-state index contributed by atoms with van der Waals surface area (Å²) >= 11 is 0. The van der Waals surface area contributed by atoms with Crippen LogP contribution in [-0.4, -0.2) is 20.8 Å². The minimum absolute atomic E-state index is 0.0462. The van der Waals surface area contributed by atoms with Crippen LogP contribution < -0.4 is 0 Å². The van der Waals surface area contributed by atoms with E-state index < -0.39 is 17.3 Å². The molecule has 1 aromatic heterocycles. The van der Waals surface area contributed by atoms with Crippen LogP contribution in [0.2, 0.25) is 0 Å². The molecule has 0 aromatic carbocycles.